The number of nitrogens with one attached hydrogen (secondary N) is 2. The minimum absolute atomic E-state index is 0.121. The molecule has 0 spiro atoms. The molecule has 2 aromatic rings. The van der Waals surface area contributed by atoms with Crippen molar-refractivity contribution in [3.8, 4) is 0 Å². The Morgan fingerprint density at radius 2 is 1.67 bits per heavy atom. The van der Waals surface area contributed by atoms with Crippen LogP contribution in [0.2, 0.25) is 0 Å². The third kappa shape index (κ3) is 6.49. The first-order chi connectivity index (χ1) is 13.0. The Morgan fingerprint density at radius 3 is 2.33 bits per heavy atom. The second-order valence-corrected chi connectivity index (χ2v) is 6.35. The van der Waals surface area contributed by atoms with E-state index in [1.165, 1.54) is 12.1 Å². The van der Waals surface area contributed by atoms with Crippen molar-refractivity contribution in [2.75, 3.05) is 23.7 Å². The van der Waals surface area contributed by atoms with E-state index in [-0.39, 0.29) is 30.0 Å². The highest BCUT2D eigenvalue weighted by Crippen LogP contribution is 2.13. The van der Waals surface area contributed by atoms with Crippen molar-refractivity contribution in [2.45, 2.75) is 32.7 Å². The van der Waals surface area contributed by atoms with Crippen LogP contribution in [0.1, 0.15) is 26.7 Å². The number of benzene rings is 2. The van der Waals surface area contributed by atoms with E-state index in [0.29, 0.717) is 13.1 Å². The second-order valence-electron chi connectivity index (χ2n) is 6.35. The number of anilines is 2. The van der Waals surface area contributed by atoms with Crippen molar-refractivity contribution < 1.29 is 14.0 Å². The van der Waals surface area contributed by atoms with Gasteiger partial charge in [-0.2, -0.15) is 0 Å². The Kier molecular flexibility index (Phi) is 7.95. The molecule has 2 rings (SSSR count). The summed E-state index contributed by atoms with van der Waals surface area (Å²) >= 11 is 0. The van der Waals surface area contributed by atoms with Gasteiger partial charge in [0.05, 0.1) is 11.7 Å². The quantitative estimate of drug-likeness (QED) is 0.703. The zero-order chi connectivity index (χ0) is 19.6. The van der Waals surface area contributed by atoms with Gasteiger partial charge in [-0.25, -0.2) is 4.39 Å². The van der Waals surface area contributed by atoms with Gasteiger partial charge in [0.15, 0.2) is 0 Å². The molecule has 1 unspecified atom stereocenters. The first-order valence-corrected chi connectivity index (χ1v) is 9.15. The van der Waals surface area contributed by atoms with Crippen molar-refractivity contribution >= 4 is 23.2 Å². The lowest BCUT2D eigenvalue weighted by atomic mass is 10.2. The van der Waals surface area contributed by atoms with Crippen LogP contribution in [0.5, 0.6) is 0 Å². The molecule has 0 fully saturated rings. The van der Waals surface area contributed by atoms with E-state index in [2.05, 4.69) is 10.6 Å². The number of nitrogens with zero attached hydrogens (tertiary/aromatic N) is 1. The molecule has 0 aliphatic carbocycles. The van der Waals surface area contributed by atoms with Crippen LogP contribution in [0.3, 0.4) is 0 Å². The van der Waals surface area contributed by atoms with Gasteiger partial charge in [0.1, 0.15) is 5.82 Å². The topological polar surface area (TPSA) is 61.4 Å². The first kappa shape index (κ1) is 20.6. The molecule has 2 aromatic carbocycles. The molecule has 27 heavy (non-hydrogen) atoms. The number of hydrogen-bond donors (Lipinski definition) is 2. The molecule has 2 N–H and O–H groups in total. The molecule has 1 atom stereocenters. The van der Waals surface area contributed by atoms with E-state index in [4.69, 9.17) is 0 Å². The number of rotatable bonds is 9. The average Bonchev–Trinajstić information content (AvgIpc) is 2.67. The number of carbonyl (C=O) groups is 2. The minimum Gasteiger partial charge on any atom is -0.325 e. The third-order valence-corrected chi connectivity index (χ3v) is 4.25. The zero-order valence-corrected chi connectivity index (χ0v) is 15.7. The van der Waals surface area contributed by atoms with Crippen LogP contribution in [0.4, 0.5) is 15.8 Å². The number of carbonyl (C=O) groups excluding carboxylic acids is 2. The maximum absolute atomic E-state index is 13.6. The van der Waals surface area contributed by atoms with Crippen LogP contribution in [0.15, 0.2) is 54.6 Å². The highest BCUT2D eigenvalue weighted by Gasteiger charge is 2.21. The van der Waals surface area contributed by atoms with Crippen molar-refractivity contribution in [3.63, 3.8) is 0 Å². The van der Waals surface area contributed by atoms with Gasteiger partial charge >= 0.3 is 0 Å². The summed E-state index contributed by atoms with van der Waals surface area (Å²) in [6, 6.07) is 14.9. The monoisotopic (exact) mass is 371 g/mol. The van der Waals surface area contributed by atoms with Crippen LogP contribution in [0.25, 0.3) is 0 Å². The standard InChI is InChI=1S/C21H26FN3O2/c1-3-14-25(16(2)21(27)23-17-9-5-4-6-10-17)15-13-20(26)24-19-12-8-7-11-18(19)22/h4-12,16H,3,13-15H2,1-2H3,(H,23,27)(H,24,26). The van der Waals surface area contributed by atoms with Crippen molar-refractivity contribution in [1.29, 1.82) is 0 Å². The Bertz CT molecular complexity index is 752. The Morgan fingerprint density at radius 1 is 1.00 bits per heavy atom. The van der Waals surface area contributed by atoms with Gasteiger partial charge in [-0.1, -0.05) is 37.3 Å². The number of para-hydroxylation sites is 2. The summed E-state index contributed by atoms with van der Waals surface area (Å²) in [5.74, 6) is -0.868. The molecule has 0 saturated carbocycles. The molecule has 0 aromatic heterocycles. The van der Waals surface area contributed by atoms with Crippen LogP contribution in [-0.4, -0.2) is 35.8 Å². The maximum atomic E-state index is 13.6. The summed E-state index contributed by atoms with van der Waals surface area (Å²) in [6.45, 7) is 4.95. The Balaban J connectivity index is 1.90. The Hall–Kier alpha value is -2.73. The van der Waals surface area contributed by atoms with Crippen LogP contribution in [-0.2, 0) is 9.59 Å². The van der Waals surface area contributed by atoms with Gasteiger partial charge in [0.2, 0.25) is 11.8 Å². The summed E-state index contributed by atoms with van der Waals surface area (Å²) < 4.78 is 13.6. The fraction of sp³-hybridized carbons (Fsp3) is 0.333. The molecule has 0 radical (unpaired) electrons. The normalized spacial score (nSPS) is 11.9. The number of amides is 2. The van der Waals surface area contributed by atoms with Crippen molar-refractivity contribution in [1.82, 2.24) is 4.90 Å². The molecule has 0 heterocycles. The summed E-state index contributed by atoms with van der Waals surface area (Å²) in [4.78, 5) is 26.6. The van der Waals surface area contributed by atoms with Crippen LogP contribution >= 0.6 is 0 Å². The lowest BCUT2D eigenvalue weighted by Gasteiger charge is -2.27. The maximum Gasteiger partial charge on any atom is 0.241 e. The smallest absolute Gasteiger partial charge is 0.241 e. The number of hydrogen-bond acceptors (Lipinski definition) is 3. The van der Waals surface area contributed by atoms with Gasteiger partial charge in [-0.3, -0.25) is 14.5 Å². The summed E-state index contributed by atoms with van der Waals surface area (Å²) in [6.07, 6.45) is 1.04. The molecule has 6 heteroatoms. The largest absolute Gasteiger partial charge is 0.325 e. The van der Waals surface area contributed by atoms with E-state index in [9.17, 15) is 14.0 Å². The van der Waals surface area contributed by atoms with Crippen molar-refractivity contribution in [3.05, 3.63) is 60.4 Å². The average molecular weight is 371 g/mol. The second kappa shape index (κ2) is 10.4. The molecule has 5 nitrogen and oxygen atoms in total. The molecule has 2 amide bonds. The molecule has 0 aliphatic rings. The van der Waals surface area contributed by atoms with Gasteiger partial charge in [-0.05, 0) is 44.2 Å². The van der Waals surface area contributed by atoms with Gasteiger partial charge in [0.25, 0.3) is 0 Å². The lowest BCUT2D eigenvalue weighted by molar-refractivity contribution is -0.122. The molecular weight excluding hydrogens is 345 g/mol. The first-order valence-electron chi connectivity index (χ1n) is 9.15. The SMILES string of the molecule is CCCN(CCC(=O)Nc1ccccc1F)C(C)C(=O)Nc1ccccc1. The molecule has 0 bridgehead atoms. The highest BCUT2D eigenvalue weighted by atomic mass is 19.1. The summed E-state index contributed by atoms with van der Waals surface area (Å²) in [5.41, 5.74) is 0.905. The number of halogens is 1. The van der Waals surface area contributed by atoms with Crippen LogP contribution in [0, 0.1) is 5.82 Å². The summed E-state index contributed by atoms with van der Waals surface area (Å²) in [7, 11) is 0. The fourth-order valence-electron chi connectivity index (χ4n) is 2.74. The van der Waals surface area contributed by atoms with Crippen molar-refractivity contribution in [2.24, 2.45) is 0 Å². The lowest BCUT2D eigenvalue weighted by Crippen LogP contribution is -2.43. The third-order valence-electron chi connectivity index (χ3n) is 4.25. The van der Waals surface area contributed by atoms with Gasteiger partial charge in [0, 0.05) is 18.7 Å². The van der Waals surface area contributed by atoms with E-state index in [1.807, 2.05) is 49.1 Å². The van der Waals surface area contributed by atoms with E-state index >= 15 is 0 Å². The summed E-state index contributed by atoms with van der Waals surface area (Å²) in [5, 5.41) is 5.46. The molecule has 0 aliphatic heterocycles. The minimum atomic E-state index is -0.466. The highest BCUT2D eigenvalue weighted by molar-refractivity contribution is 5.94. The molecule has 0 saturated heterocycles. The van der Waals surface area contributed by atoms with Crippen LogP contribution < -0.4 is 10.6 Å². The Labute approximate surface area is 159 Å². The van der Waals surface area contributed by atoms with E-state index < -0.39 is 5.82 Å². The molecule has 144 valence electrons. The van der Waals surface area contributed by atoms with E-state index in [0.717, 1.165) is 12.1 Å². The fourth-order valence-corrected chi connectivity index (χ4v) is 2.74. The zero-order valence-electron chi connectivity index (χ0n) is 15.7. The predicted molar refractivity (Wildman–Crippen MR) is 106 cm³/mol. The predicted octanol–water partition coefficient (Wildman–Crippen LogP) is 3.89. The van der Waals surface area contributed by atoms with Gasteiger partial charge in [-0.15, -0.1) is 0 Å². The molecular formula is C21H26FN3O2. The van der Waals surface area contributed by atoms with Gasteiger partial charge < -0.3 is 10.6 Å². The van der Waals surface area contributed by atoms with E-state index in [1.54, 1.807) is 12.1 Å².